The topological polar surface area (TPSA) is 102 Å². The summed E-state index contributed by atoms with van der Waals surface area (Å²) in [7, 11) is 0. The highest BCUT2D eigenvalue weighted by atomic mass is 32.2. The summed E-state index contributed by atoms with van der Waals surface area (Å²) < 4.78 is 10.3. The number of thioether (sulfide) groups is 1. The maximum atomic E-state index is 12.7. The molecule has 0 unspecified atom stereocenters. The van der Waals surface area contributed by atoms with Crippen LogP contribution in [0.2, 0.25) is 0 Å². The van der Waals surface area contributed by atoms with E-state index >= 15 is 0 Å². The van der Waals surface area contributed by atoms with Crippen LogP contribution in [0.25, 0.3) is 22.5 Å². The molecule has 32 heavy (non-hydrogen) atoms. The molecule has 0 N–H and O–H groups in total. The van der Waals surface area contributed by atoms with Gasteiger partial charge in [-0.1, -0.05) is 11.8 Å². The SMILES string of the molecule is O=C(CSc1nnc(-c2ccoc2)c(-c2ccoc2)n1)c1ccc(N2CCCC2=O)cc1. The molecule has 0 spiro atoms. The number of ketones is 1. The first kappa shape index (κ1) is 20.2. The van der Waals surface area contributed by atoms with Gasteiger partial charge in [-0.15, -0.1) is 10.2 Å². The third-order valence-corrected chi connectivity index (χ3v) is 6.00. The molecular formula is C23H18N4O4S. The number of nitrogens with zero attached hydrogens (tertiary/aromatic N) is 4. The number of hydrogen-bond acceptors (Lipinski definition) is 8. The molecule has 4 aromatic rings. The second-order valence-electron chi connectivity index (χ2n) is 7.22. The Morgan fingerprint density at radius 1 is 0.969 bits per heavy atom. The molecule has 1 aromatic carbocycles. The fourth-order valence-corrected chi connectivity index (χ4v) is 4.21. The van der Waals surface area contributed by atoms with Gasteiger partial charge < -0.3 is 13.7 Å². The van der Waals surface area contributed by atoms with Gasteiger partial charge in [-0.05, 0) is 42.8 Å². The summed E-state index contributed by atoms with van der Waals surface area (Å²) in [6.07, 6.45) is 7.72. The van der Waals surface area contributed by atoms with Crippen molar-refractivity contribution >= 4 is 29.1 Å². The largest absolute Gasteiger partial charge is 0.472 e. The molecule has 1 aliphatic heterocycles. The Kier molecular flexibility index (Phi) is 5.55. The predicted molar refractivity (Wildman–Crippen MR) is 118 cm³/mol. The Balaban J connectivity index is 1.31. The van der Waals surface area contributed by atoms with Crippen LogP contribution >= 0.6 is 11.8 Å². The van der Waals surface area contributed by atoms with E-state index in [4.69, 9.17) is 8.83 Å². The lowest BCUT2D eigenvalue weighted by molar-refractivity contribution is -0.117. The van der Waals surface area contributed by atoms with Crippen LogP contribution in [0.15, 0.2) is 75.4 Å². The van der Waals surface area contributed by atoms with Crippen molar-refractivity contribution < 1.29 is 18.4 Å². The molecule has 9 heteroatoms. The number of rotatable bonds is 7. The smallest absolute Gasteiger partial charge is 0.227 e. The zero-order valence-electron chi connectivity index (χ0n) is 16.9. The third-order valence-electron chi connectivity index (χ3n) is 5.16. The first-order valence-corrected chi connectivity index (χ1v) is 11.0. The number of carbonyl (C=O) groups is 2. The molecule has 8 nitrogen and oxygen atoms in total. The summed E-state index contributed by atoms with van der Waals surface area (Å²) in [5.41, 5.74) is 4.09. The van der Waals surface area contributed by atoms with E-state index < -0.39 is 0 Å². The summed E-state index contributed by atoms with van der Waals surface area (Å²) in [4.78, 5) is 30.9. The minimum Gasteiger partial charge on any atom is -0.472 e. The van der Waals surface area contributed by atoms with Crippen LogP contribution < -0.4 is 4.90 Å². The highest BCUT2D eigenvalue weighted by Gasteiger charge is 2.22. The first-order valence-electron chi connectivity index (χ1n) is 10.1. The van der Waals surface area contributed by atoms with Crippen molar-refractivity contribution in [2.24, 2.45) is 0 Å². The Hall–Kier alpha value is -3.72. The van der Waals surface area contributed by atoms with Gasteiger partial charge in [-0.25, -0.2) is 4.98 Å². The van der Waals surface area contributed by atoms with Crippen LogP contribution in [-0.2, 0) is 4.79 Å². The van der Waals surface area contributed by atoms with Gasteiger partial charge >= 0.3 is 0 Å². The molecule has 1 aliphatic rings. The number of hydrogen-bond donors (Lipinski definition) is 0. The van der Waals surface area contributed by atoms with Gasteiger partial charge in [-0.3, -0.25) is 9.59 Å². The van der Waals surface area contributed by atoms with Crippen molar-refractivity contribution in [2.75, 3.05) is 17.2 Å². The monoisotopic (exact) mass is 446 g/mol. The van der Waals surface area contributed by atoms with E-state index in [1.54, 1.807) is 54.2 Å². The second-order valence-corrected chi connectivity index (χ2v) is 8.17. The number of amides is 1. The fraction of sp³-hybridized carbons (Fsp3) is 0.174. The summed E-state index contributed by atoms with van der Waals surface area (Å²) in [5, 5.41) is 8.88. The van der Waals surface area contributed by atoms with Gasteiger partial charge in [0.2, 0.25) is 11.1 Å². The first-order chi connectivity index (χ1) is 15.7. The lowest BCUT2D eigenvalue weighted by atomic mass is 10.1. The lowest BCUT2D eigenvalue weighted by Crippen LogP contribution is -2.23. The van der Waals surface area contributed by atoms with Crippen LogP contribution in [0, 0.1) is 0 Å². The Morgan fingerprint density at radius 2 is 1.69 bits per heavy atom. The minimum absolute atomic E-state index is 0.0540. The van der Waals surface area contributed by atoms with Crippen molar-refractivity contribution in [3.63, 3.8) is 0 Å². The summed E-state index contributed by atoms with van der Waals surface area (Å²) >= 11 is 1.22. The average molecular weight is 446 g/mol. The van der Waals surface area contributed by atoms with Gasteiger partial charge in [0.1, 0.15) is 11.4 Å². The molecule has 0 atom stereocenters. The second kappa shape index (κ2) is 8.80. The van der Waals surface area contributed by atoms with E-state index in [0.717, 1.165) is 29.8 Å². The Labute approximate surface area is 187 Å². The summed E-state index contributed by atoms with van der Waals surface area (Å²) in [5.74, 6) is 0.234. The van der Waals surface area contributed by atoms with E-state index in [1.165, 1.54) is 11.8 Å². The van der Waals surface area contributed by atoms with Crippen molar-refractivity contribution in [1.29, 1.82) is 0 Å². The van der Waals surface area contributed by atoms with Crippen LogP contribution in [-0.4, -0.2) is 39.2 Å². The molecule has 1 saturated heterocycles. The fourth-order valence-electron chi connectivity index (χ4n) is 3.53. The number of Topliss-reactive ketones (excluding diaryl/α,β-unsaturated/α-hetero) is 1. The maximum absolute atomic E-state index is 12.7. The van der Waals surface area contributed by atoms with Crippen LogP contribution in [0.1, 0.15) is 23.2 Å². The van der Waals surface area contributed by atoms with Gasteiger partial charge in [0.25, 0.3) is 0 Å². The minimum atomic E-state index is -0.0540. The highest BCUT2D eigenvalue weighted by molar-refractivity contribution is 7.99. The van der Waals surface area contributed by atoms with Crippen LogP contribution in [0.5, 0.6) is 0 Å². The maximum Gasteiger partial charge on any atom is 0.227 e. The molecule has 3 aromatic heterocycles. The molecule has 0 bridgehead atoms. The molecule has 4 heterocycles. The van der Waals surface area contributed by atoms with E-state index in [-0.39, 0.29) is 17.4 Å². The number of furan rings is 2. The van der Waals surface area contributed by atoms with Gasteiger partial charge in [0, 0.05) is 35.3 Å². The predicted octanol–water partition coefficient (Wildman–Crippen LogP) is 4.49. The number of carbonyl (C=O) groups excluding carboxylic acids is 2. The quantitative estimate of drug-likeness (QED) is 0.302. The number of aromatic nitrogens is 3. The number of anilines is 1. The molecule has 0 radical (unpaired) electrons. The lowest BCUT2D eigenvalue weighted by Gasteiger charge is -2.15. The highest BCUT2D eigenvalue weighted by Crippen LogP contribution is 2.30. The van der Waals surface area contributed by atoms with Crippen molar-refractivity contribution in [1.82, 2.24) is 15.2 Å². The van der Waals surface area contributed by atoms with Gasteiger partial charge in [-0.2, -0.15) is 0 Å². The van der Waals surface area contributed by atoms with Crippen LogP contribution in [0.4, 0.5) is 5.69 Å². The molecule has 1 amide bonds. The zero-order valence-corrected chi connectivity index (χ0v) is 17.7. The zero-order chi connectivity index (χ0) is 21.9. The molecule has 5 rings (SSSR count). The van der Waals surface area contributed by atoms with Crippen LogP contribution in [0.3, 0.4) is 0 Å². The van der Waals surface area contributed by atoms with Gasteiger partial charge in [0.05, 0.1) is 30.8 Å². The summed E-state index contributed by atoms with van der Waals surface area (Å²) in [6, 6.07) is 10.7. The van der Waals surface area contributed by atoms with Crippen molar-refractivity contribution in [3.05, 3.63) is 67.0 Å². The van der Waals surface area contributed by atoms with Crippen molar-refractivity contribution in [2.45, 2.75) is 18.0 Å². The molecular weight excluding hydrogens is 428 g/mol. The average Bonchev–Trinajstić information content (AvgIpc) is 3.60. The Morgan fingerprint density at radius 3 is 2.31 bits per heavy atom. The molecule has 0 aliphatic carbocycles. The van der Waals surface area contributed by atoms with E-state index in [1.807, 2.05) is 12.1 Å². The standard InChI is InChI=1S/C23H18N4O4S/c28-19(15-3-5-18(6-4-15)27-9-1-2-20(27)29)14-32-23-24-21(16-7-10-30-12-16)22(25-26-23)17-8-11-31-13-17/h3-8,10-13H,1-2,9,14H2. The molecule has 0 saturated carbocycles. The number of benzene rings is 1. The van der Waals surface area contributed by atoms with Crippen molar-refractivity contribution in [3.8, 4) is 22.5 Å². The summed E-state index contributed by atoms with van der Waals surface area (Å²) in [6.45, 7) is 0.722. The third kappa shape index (κ3) is 4.06. The Bertz CT molecular complexity index is 1240. The van der Waals surface area contributed by atoms with E-state index in [2.05, 4.69) is 15.2 Å². The molecule has 160 valence electrons. The van der Waals surface area contributed by atoms with E-state index in [0.29, 0.717) is 28.5 Å². The molecule has 1 fully saturated rings. The van der Waals surface area contributed by atoms with Gasteiger partial charge in [0.15, 0.2) is 5.78 Å². The van der Waals surface area contributed by atoms with E-state index in [9.17, 15) is 9.59 Å². The normalized spacial score (nSPS) is 13.6.